The molecule has 0 fully saturated rings. The van der Waals surface area contributed by atoms with E-state index in [9.17, 15) is 0 Å². The van der Waals surface area contributed by atoms with Crippen molar-refractivity contribution in [3.63, 3.8) is 0 Å². The SMILES string of the molecule is CC(C)[Si](CCCCCCO)(C(C)C)C(C)C. The van der Waals surface area contributed by atoms with Crippen LogP contribution in [-0.4, -0.2) is 19.8 Å². The third-order valence-electron chi connectivity index (χ3n) is 4.74. The highest BCUT2D eigenvalue weighted by molar-refractivity contribution is 6.83. The van der Waals surface area contributed by atoms with E-state index in [1.165, 1.54) is 25.3 Å². The minimum Gasteiger partial charge on any atom is -0.396 e. The maximum atomic E-state index is 8.80. The lowest BCUT2D eigenvalue weighted by atomic mass is 10.2. The Morgan fingerprint density at radius 3 is 1.47 bits per heavy atom. The van der Waals surface area contributed by atoms with Crippen LogP contribution in [0, 0.1) is 0 Å². The summed E-state index contributed by atoms with van der Waals surface area (Å²) in [6.45, 7) is 15.0. The Morgan fingerprint density at radius 1 is 0.706 bits per heavy atom. The van der Waals surface area contributed by atoms with E-state index < -0.39 is 8.07 Å². The Balaban J connectivity index is 4.38. The molecule has 0 aromatic rings. The average molecular weight is 259 g/mol. The fourth-order valence-corrected chi connectivity index (χ4v) is 10.4. The maximum Gasteiger partial charge on any atom is 0.0612 e. The van der Waals surface area contributed by atoms with Crippen molar-refractivity contribution in [3.8, 4) is 0 Å². The quantitative estimate of drug-likeness (QED) is 0.444. The molecule has 0 rings (SSSR count). The third-order valence-corrected chi connectivity index (χ3v) is 12.4. The summed E-state index contributed by atoms with van der Waals surface area (Å²) in [4.78, 5) is 0. The molecule has 0 amide bonds. The molecule has 0 aliphatic heterocycles. The molecular weight excluding hydrogens is 224 g/mol. The molecule has 0 radical (unpaired) electrons. The van der Waals surface area contributed by atoms with E-state index in [1.54, 1.807) is 0 Å². The van der Waals surface area contributed by atoms with Crippen LogP contribution in [0.3, 0.4) is 0 Å². The minimum absolute atomic E-state index is 0.362. The highest BCUT2D eigenvalue weighted by atomic mass is 28.3. The Hall–Kier alpha value is 0.177. The van der Waals surface area contributed by atoms with Gasteiger partial charge in [-0.3, -0.25) is 0 Å². The van der Waals surface area contributed by atoms with Crippen LogP contribution in [0.5, 0.6) is 0 Å². The van der Waals surface area contributed by atoms with E-state index in [2.05, 4.69) is 41.5 Å². The first-order chi connectivity index (χ1) is 7.89. The van der Waals surface area contributed by atoms with Gasteiger partial charge < -0.3 is 5.11 Å². The van der Waals surface area contributed by atoms with Crippen LogP contribution in [0.2, 0.25) is 22.7 Å². The standard InChI is InChI=1S/C15H34OSi/c1-13(2)17(14(3)4,15(5)6)12-10-8-7-9-11-16/h13-16H,7-12H2,1-6H3. The predicted octanol–water partition coefficient (Wildman–Crippen LogP) is 5.22. The van der Waals surface area contributed by atoms with Crippen molar-refractivity contribution in [3.05, 3.63) is 0 Å². The number of hydrogen-bond donors (Lipinski definition) is 1. The fourth-order valence-electron chi connectivity index (χ4n) is 3.76. The fraction of sp³-hybridized carbons (Fsp3) is 1.00. The van der Waals surface area contributed by atoms with Crippen molar-refractivity contribution < 1.29 is 5.11 Å². The number of rotatable bonds is 9. The topological polar surface area (TPSA) is 20.2 Å². The van der Waals surface area contributed by atoms with Crippen LogP contribution in [0.15, 0.2) is 0 Å². The summed E-state index contributed by atoms with van der Waals surface area (Å²) in [5.41, 5.74) is 2.67. The number of hydrogen-bond acceptors (Lipinski definition) is 1. The zero-order valence-electron chi connectivity index (χ0n) is 12.9. The Kier molecular flexibility index (Phi) is 8.40. The van der Waals surface area contributed by atoms with Gasteiger partial charge in [-0.1, -0.05) is 83.5 Å². The van der Waals surface area contributed by atoms with Gasteiger partial charge in [0.25, 0.3) is 0 Å². The second-order valence-corrected chi connectivity index (χ2v) is 12.7. The van der Waals surface area contributed by atoms with Crippen molar-refractivity contribution in [2.24, 2.45) is 0 Å². The first-order valence-corrected chi connectivity index (χ1v) is 9.94. The van der Waals surface area contributed by atoms with Gasteiger partial charge in [0.1, 0.15) is 0 Å². The van der Waals surface area contributed by atoms with Crippen LogP contribution in [0.1, 0.15) is 67.2 Å². The molecule has 0 unspecified atom stereocenters. The summed E-state index contributed by atoms with van der Waals surface area (Å²) in [5, 5.41) is 8.80. The van der Waals surface area contributed by atoms with Gasteiger partial charge >= 0.3 is 0 Å². The Bertz CT molecular complexity index is 166. The summed E-state index contributed by atoms with van der Waals surface area (Å²) in [6, 6.07) is 1.48. The van der Waals surface area contributed by atoms with Crippen molar-refractivity contribution >= 4 is 8.07 Å². The second kappa shape index (κ2) is 8.31. The van der Waals surface area contributed by atoms with Crippen molar-refractivity contribution in [1.82, 2.24) is 0 Å². The molecule has 2 heteroatoms. The molecule has 0 bridgehead atoms. The molecule has 0 aromatic carbocycles. The van der Waals surface area contributed by atoms with E-state index in [0.717, 1.165) is 23.0 Å². The lowest BCUT2D eigenvalue weighted by molar-refractivity contribution is 0.283. The van der Waals surface area contributed by atoms with Gasteiger partial charge in [0, 0.05) is 6.61 Å². The molecule has 1 N–H and O–H groups in total. The first-order valence-electron chi connectivity index (χ1n) is 7.50. The lowest BCUT2D eigenvalue weighted by Gasteiger charge is -2.43. The molecule has 0 aliphatic carbocycles. The summed E-state index contributed by atoms with van der Waals surface area (Å²) in [7, 11) is -1.15. The van der Waals surface area contributed by atoms with Crippen LogP contribution in [0.25, 0.3) is 0 Å². The molecule has 0 heterocycles. The average Bonchev–Trinajstić information content (AvgIpc) is 2.21. The van der Waals surface area contributed by atoms with E-state index in [0.29, 0.717) is 6.61 Å². The molecule has 0 aliphatic rings. The Morgan fingerprint density at radius 2 is 1.12 bits per heavy atom. The highest BCUT2D eigenvalue weighted by Crippen LogP contribution is 2.45. The van der Waals surface area contributed by atoms with E-state index in [4.69, 9.17) is 5.11 Å². The zero-order chi connectivity index (χ0) is 13.5. The van der Waals surface area contributed by atoms with Crippen molar-refractivity contribution in [2.75, 3.05) is 6.61 Å². The molecule has 0 saturated heterocycles. The molecular formula is C15H34OSi. The molecule has 0 atom stereocenters. The van der Waals surface area contributed by atoms with Crippen LogP contribution < -0.4 is 0 Å². The van der Waals surface area contributed by atoms with Crippen LogP contribution >= 0.6 is 0 Å². The summed E-state index contributed by atoms with van der Waals surface area (Å²) in [6.07, 6.45) is 4.87. The van der Waals surface area contributed by atoms with Gasteiger partial charge in [0.15, 0.2) is 0 Å². The first kappa shape index (κ1) is 17.2. The van der Waals surface area contributed by atoms with Gasteiger partial charge in [0.2, 0.25) is 0 Å². The predicted molar refractivity (Wildman–Crippen MR) is 81.4 cm³/mol. The monoisotopic (exact) mass is 258 g/mol. The van der Waals surface area contributed by atoms with Gasteiger partial charge in [-0.05, 0) is 6.42 Å². The second-order valence-electron chi connectivity index (χ2n) is 6.46. The van der Waals surface area contributed by atoms with Crippen LogP contribution in [0.4, 0.5) is 0 Å². The Labute approximate surface area is 110 Å². The summed E-state index contributed by atoms with van der Waals surface area (Å²) >= 11 is 0. The van der Waals surface area contributed by atoms with Crippen LogP contribution in [-0.2, 0) is 0 Å². The van der Waals surface area contributed by atoms with Gasteiger partial charge in [-0.25, -0.2) is 0 Å². The molecule has 0 spiro atoms. The third kappa shape index (κ3) is 4.74. The van der Waals surface area contributed by atoms with E-state index in [-0.39, 0.29) is 0 Å². The smallest absolute Gasteiger partial charge is 0.0612 e. The molecule has 17 heavy (non-hydrogen) atoms. The number of aliphatic hydroxyl groups excluding tert-OH is 1. The summed E-state index contributed by atoms with van der Waals surface area (Å²) in [5.74, 6) is 0. The van der Waals surface area contributed by atoms with E-state index >= 15 is 0 Å². The van der Waals surface area contributed by atoms with E-state index in [1.807, 2.05) is 0 Å². The van der Waals surface area contributed by atoms with Crippen molar-refractivity contribution in [2.45, 2.75) is 89.9 Å². The highest BCUT2D eigenvalue weighted by Gasteiger charge is 2.41. The molecule has 104 valence electrons. The van der Waals surface area contributed by atoms with Crippen molar-refractivity contribution in [1.29, 1.82) is 0 Å². The zero-order valence-corrected chi connectivity index (χ0v) is 13.9. The lowest BCUT2D eigenvalue weighted by Crippen LogP contribution is -2.44. The van der Waals surface area contributed by atoms with Gasteiger partial charge in [0.05, 0.1) is 8.07 Å². The largest absolute Gasteiger partial charge is 0.396 e. The number of unbranched alkanes of at least 4 members (excludes halogenated alkanes) is 3. The number of aliphatic hydroxyl groups is 1. The van der Waals surface area contributed by atoms with Gasteiger partial charge in [-0.2, -0.15) is 0 Å². The normalized spacial score (nSPS) is 13.1. The molecule has 1 nitrogen and oxygen atoms in total. The minimum atomic E-state index is -1.15. The summed E-state index contributed by atoms with van der Waals surface area (Å²) < 4.78 is 0. The molecule has 0 saturated carbocycles. The molecule has 0 aromatic heterocycles. The van der Waals surface area contributed by atoms with Gasteiger partial charge in [-0.15, -0.1) is 0 Å². The maximum absolute atomic E-state index is 8.80.